The third kappa shape index (κ3) is 5.19. The molecule has 0 bridgehead atoms. The van der Waals surface area contributed by atoms with E-state index in [0.29, 0.717) is 13.2 Å². The second-order valence-electron chi connectivity index (χ2n) is 8.55. The lowest BCUT2D eigenvalue weighted by atomic mass is 9.91. The van der Waals surface area contributed by atoms with Crippen LogP contribution in [0.1, 0.15) is 44.4 Å². The third-order valence-corrected chi connectivity index (χ3v) is 6.54. The van der Waals surface area contributed by atoms with Gasteiger partial charge in [0.2, 0.25) is 15.8 Å². The van der Waals surface area contributed by atoms with Crippen molar-refractivity contribution in [1.82, 2.24) is 4.72 Å². The van der Waals surface area contributed by atoms with Gasteiger partial charge in [-0.3, -0.25) is 0 Å². The van der Waals surface area contributed by atoms with Gasteiger partial charge in [0.15, 0.2) is 0 Å². The fourth-order valence-electron chi connectivity index (χ4n) is 3.31. The van der Waals surface area contributed by atoms with Crippen molar-refractivity contribution in [2.45, 2.75) is 50.8 Å². The van der Waals surface area contributed by atoms with Crippen LogP contribution in [0.15, 0.2) is 71.6 Å². The van der Waals surface area contributed by atoms with Crippen LogP contribution in [-0.4, -0.2) is 27.4 Å². The topological polar surface area (TPSA) is 64.6 Å². The van der Waals surface area contributed by atoms with E-state index in [9.17, 15) is 8.42 Å². The smallest absolute Gasteiger partial charge is 0.241 e. The molecule has 2 aromatic carbocycles. The van der Waals surface area contributed by atoms with E-state index in [1.807, 2.05) is 56.3 Å². The van der Waals surface area contributed by atoms with Gasteiger partial charge < -0.3 is 9.47 Å². The molecule has 0 radical (unpaired) electrons. The zero-order chi connectivity index (χ0) is 21.8. The SMILES string of the molecule is CC/C=C/C1(C(NS(=O)(=O)c2ccc(C)cc2)c2ccccc2)OCC(C)(C)CO1. The van der Waals surface area contributed by atoms with Gasteiger partial charge >= 0.3 is 0 Å². The summed E-state index contributed by atoms with van der Waals surface area (Å²) in [7, 11) is -3.81. The number of aryl methyl sites for hydroxylation is 1. The molecule has 1 aliphatic rings. The minimum absolute atomic E-state index is 0.152. The van der Waals surface area contributed by atoms with Gasteiger partial charge in [0.25, 0.3) is 0 Å². The minimum atomic E-state index is -3.81. The van der Waals surface area contributed by atoms with Gasteiger partial charge in [0.05, 0.1) is 18.1 Å². The minimum Gasteiger partial charge on any atom is -0.344 e. The molecule has 30 heavy (non-hydrogen) atoms. The predicted octanol–water partition coefficient (Wildman–Crippen LogP) is 4.75. The molecule has 162 valence electrons. The standard InChI is InChI=1S/C24H31NO4S/c1-5-6-16-24(28-17-23(3,4)18-29-24)22(20-10-8-7-9-11-20)25-30(26,27)21-14-12-19(2)13-15-21/h6-16,22,25H,5,17-18H2,1-4H3/b16-6+. The maximum atomic E-state index is 13.3. The van der Waals surface area contributed by atoms with Gasteiger partial charge in [-0.25, -0.2) is 8.42 Å². The number of rotatable bonds is 7. The molecule has 2 aromatic rings. The molecule has 3 rings (SSSR count). The molecular weight excluding hydrogens is 398 g/mol. The average molecular weight is 430 g/mol. The number of benzene rings is 2. The molecule has 0 spiro atoms. The van der Waals surface area contributed by atoms with Crippen molar-refractivity contribution in [3.8, 4) is 0 Å². The molecule has 0 aliphatic carbocycles. The number of hydrogen-bond donors (Lipinski definition) is 1. The lowest BCUT2D eigenvalue weighted by Crippen LogP contribution is -2.54. The van der Waals surface area contributed by atoms with Crippen molar-refractivity contribution in [2.75, 3.05) is 13.2 Å². The van der Waals surface area contributed by atoms with E-state index in [4.69, 9.17) is 9.47 Å². The van der Waals surface area contributed by atoms with Crippen molar-refractivity contribution >= 4 is 10.0 Å². The fraction of sp³-hybridized carbons (Fsp3) is 0.417. The van der Waals surface area contributed by atoms with Crippen LogP contribution in [-0.2, 0) is 19.5 Å². The molecule has 1 atom stereocenters. The van der Waals surface area contributed by atoms with Crippen molar-refractivity contribution < 1.29 is 17.9 Å². The van der Waals surface area contributed by atoms with Crippen LogP contribution in [0.2, 0.25) is 0 Å². The molecule has 0 amide bonds. The lowest BCUT2D eigenvalue weighted by molar-refractivity contribution is -0.284. The number of allylic oxidation sites excluding steroid dienone is 1. The second kappa shape index (κ2) is 9.02. The Hall–Kier alpha value is -1.99. The average Bonchev–Trinajstić information content (AvgIpc) is 2.73. The van der Waals surface area contributed by atoms with E-state index in [1.165, 1.54) is 0 Å². The summed E-state index contributed by atoms with van der Waals surface area (Å²) < 4.78 is 41.9. The van der Waals surface area contributed by atoms with E-state index in [1.54, 1.807) is 24.3 Å². The van der Waals surface area contributed by atoms with E-state index in [2.05, 4.69) is 18.6 Å². The lowest BCUT2D eigenvalue weighted by Gasteiger charge is -2.46. The van der Waals surface area contributed by atoms with E-state index in [-0.39, 0.29) is 10.3 Å². The number of nitrogens with one attached hydrogen (secondary N) is 1. The summed E-state index contributed by atoms with van der Waals surface area (Å²) in [6.45, 7) is 8.98. The quantitative estimate of drug-likeness (QED) is 0.645. The highest BCUT2D eigenvalue weighted by atomic mass is 32.2. The Bertz CT molecular complexity index is 956. The van der Waals surface area contributed by atoms with Gasteiger partial charge in [-0.15, -0.1) is 0 Å². The number of hydrogen-bond acceptors (Lipinski definition) is 4. The van der Waals surface area contributed by atoms with Crippen LogP contribution in [0.3, 0.4) is 0 Å². The highest BCUT2D eigenvalue weighted by Crippen LogP contribution is 2.40. The van der Waals surface area contributed by atoms with Gasteiger partial charge in [0, 0.05) is 5.41 Å². The summed E-state index contributed by atoms with van der Waals surface area (Å²) in [4.78, 5) is 0.208. The normalized spacial score (nSPS) is 19.6. The first-order valence-corrected chi connectivity index (χ1v) is 11.8. The Morgan fingerprint density at radius 1 is 1.03 bits per heavy atom. The summed E-state index contributed by atoms with van der Waals surface area (Å²) in [6.07, 6.45) is 4.58. The molecule has 1 aliphatic heterocycles. The summed E-state index contributed by atoms with van der Waals surface area (Å²) in [6, 6.07) is 15.5. The van der Waals surface area contributed by atoms with Crippen LogP contribution in [0.4, 0.5) is 0 Å². The van der Waals surface area contributed by atoms with E-state index < -0.39 is 21.9 Å². The molecule has 1 fully saturated rings. The van der Waals surface area contributed by atoms with E-state index >= 15 is 0 Å². The molecule has 1 saturated heterocycles. The van der Waals surface area contributed by atoms with Crippen molar-refractivity contribution in [3.63, 3.8) is 0 Å². The van der Waals surface area contributed by atoms with Crippen LogP contribution >= 0.6 is 0 Å². The highest BCUT2D eigenvalue weighted by molar-refractivity contribution is 7.89. The molecule has 5 nitrogen and oxygen atoms in total. The maximum Gasteiger partial charge on any atom is 0.241 e. The van der Waals surface area contributed by atoms with Gasteiger partial charge in [-0.1, -0.05) is 74.9 Å². The van der Waals surface area contributed by atoms with Crippen molar-refractivity contribution in [1.29, 1.82) is 0 Å². The highest BCUT2D eigenvalue weighted by Gasteiger charge is 2.47. The third-order valence-electron chi connectivity index (χ3n) is 5.10. The monoisotopic (exact) mass is 429 g/mol. The van der Waals surface area contributed by atoms with Crippen LogP contribution < -0.4 is 4.72 Å². The molecule has 0 aromatic heterocycles. The van der Waals surface area contributed by atoms with Crippen LogP contribution in [0, 0.1) is 12.3 Å². The fourth-order valence-corrected chi connectivity index (χ4v) is 4.55. The Morgan fingerprint density at radius 2 is 1.63 bits per heavy atom. The molecule has 6 heteroatoms. The first-order valence-electron chi connectivity index (χ1n) is 10.3. The summed E-state index contributed by atoms with van der Waals surface area (Å²) >= 11 is 0. The molecule has 1 heterocycles. The van der Waals surface area contributed by atoms with E-state index in [0.717, 1.165) is 17.5 Å². The van der Waals surface area contributed by atoms with Gasteiger partial charge in [0.1, 0.15) is 6.04 Å². The van der Waals surface area contributed by atoms with Crippen molar-refractivity contribution in [2.24, 2.45) is 5.41 Å². The van der Waals surface area contributed by atoms with Crippen molar-refractivity contribution in [3.05, 3.63) is 77.9 Å². The molecule has 0 saturated carbocycles. The predicted molar refractivity (Wildman–Crippen MR) is 119 cm³/mol. The van der Waals surface area contributed by atoms with Crippen LogP contribution in [0.25, 0.3) is 0 Å². The first kappa shape index (κ1) is 22.7. The van der Waals surface area contributed by atoms with Gasteiger partial charge in [-0.2, -0.15) is 4.72 Å². The summed E-state index contributed by atoms with van der Waals surface area (Å²) in [5, 5.41) is 0. The largest absolute Gasteiger partial charge is 0.344 e. The molecular formula is C24H31NO4S. The second-order valence-corrected chi connectivity index (χ2v) is 10.3. The Labute approximate surface area is 180 Å². The first-order chi connectivity index (χ1) is 14.2. The molecule has 1 unspecified atom stereocenters. The zero-order valence-corrected chi connectivity index (χ0v) is 18.9. The Balaban J connectivity index is 2.05. The zero-order valence-electron chi connectivity index (χ0n) is 18.1. The summed E-state index contributed by atoms with van der Waals surface area (Å²) in [5.74, 6) is -1.23. The number of ether oxygens (including phenoxy) is 2. The summed E-state index contributed by atoms with van der Waals surface area (Å²) in [5.41, 5.74) is 1.62. The Kier molecular flexibility index (Phi) is 6.82. The van der Waals surface area contributed by atoms with Gasteiger partial charge in [-0.05, 0) is 37.1 Å². The molecule has 1 N–H and O–H groups in total. The van der Waals surface area contributed by atoms with Crippen LogP contribution in [0.5, 0.6) is 0 Å². The maximum absolute atomic E-state index is 13.3. The Morgan fingerprint density at radius 3 is 2.20 bits per heavy atom. The number of sulfonamides is 1.